The molecule has 0 fully saturated rings. The summed E-state index contributed by atoms with van der Waals surface area (Å²) in [4.78, 5) is 3.41. The van der Waals surface area contributed by atoms with Gasteiger partial charge < -0.3 is 14.8 Å². The molecule has 0 aliphatic heterocycles. The number of aliphatic hydroxyl groups is 1. The SMILES string of the molecule is COc1ccccc1C(O)c1[nH]c2ccccc2c1-c1ccccc1. The van der Waals surface area contributed by atoms with Gasteiger partial charge in [-0.05, 0) is 17.7 Å². The van der Waals surface area contributed by atoms with E-state index in [-0.39, 0.29) is 0 Å². The van der Waals surface area contributed by atoms with Crippen LogP contribution in [-0.4, -0.2) is 17.2 Å². The molecule has 0 saturated carbocycles. The normalized spacial score (nSPS) is 12.2. The standard InChI is InChI=1S/C22H19NO2/c1-25-19-14-8-6-12-17(19)22(24)21-20(15-9-3-2-4-10-15)16-11-5-7-13-18(16)23-21/h2-14,22-24H,1H3. The Labute approximate surface area is 146 Å². The number of para-hydroxylation sites is 2. The molecule has 25 heavy (non-hydrogen) atoms. The number of aromatic nitrogens is 1. The van der Waals surface area contributed by atoms with Gasteiger partial charge in [0, 0.05) is 22.0 Å². The topological polar surface area (TPSA) is 45.2 Å². The molecule has 0 spiro atoms. The van der Waals surface area contributed by atoms with E-state index in [1.54, 1.807) is 7.11 Å². The molecule has 0 radical (unpaired) electrons. The van der Waals surface area contributed by atoms with E-state index in [9.17, 15) is 5.11 Å². The number of hydrogen-bond donors (Lipinski definition) is 2. The number of benzene rings is 3. The Bertz CT molecular complexity index is 1000. The van der Waals surface area contributed by atoms with Crippen molar-refractivity contribution in [2.75, 3.05) is 7.11 Å². The minimum atomic E-state index is -0.807. The first-order valence-corrected chi connectivity index (χ1v) is 8.26. The maximum absolute atomic E-state index is 11.1. The zero-order valence-corrected chi connectivity index (χ0v) is 13.9. The van der Waals surface area contributed by atoms with E-state index < -0.39 is 6.10 Å². The van der Waals surface area contributed by atoms with Crippen molar-refractivity contribution < 1.29 is 9.84 Å². The maximum atomic E-state index is 11.1. The molecule has 3 nitrogen and oxygen atoms in total. The number of nitrogens with one attached hydrogen (secondary N) is 1. The Kier molecular flexibility index (Phi) is 4.00. The van der Waals surface area contributed by atoms with Crippen molar-refractivity contribution >= 4 is 10.9 Å². The first-order chi connectivity index (χ1) is 12.3. The number of aliphatic hydroxyl groups excluding tert-OH is 1. The Balaban J connectivity index is 1.95. The highest BCUT2D eigenvalue weighted by Crippen LogP contribution is 2.39. The van der Waals surface area contributed by atoms with Gasteiger partial charge in [0.05, 0.1) is 12.8 Å². The van der Waals surface area contributed by atoms with Gasteiger partial charge in [-0.25, -0.2) is 0 Å². The van der Waals surface area contributed by atoms with E-state index in [2.05, 4.69) is 23.2 Å². The second kappa shape index (κ2) is 6.46. The van der Waals surface area contributed by atoms with Crippen molar-refractivity contribution in [3.05, 3.63) is 90.1 Å². The number of rotatable bonds is 4. The molecule has 4 rings (SSSR count). The van der Waals surface area contributed by atoms with Gasteiger partial charge in [-0.3, -0.25) is 0 Å². The third-order valence-corrected chi connectivity index (χ3v) is 4.50. The molecule has 4 aromatic rings. The molecule has 1 atom stereocenters. The van der Waals surface area contributed by atoms with E-state index in [1.165, 1.54) is 0 Å². The average molecular weight is 329 g/mol. The van der Waals surface area contributed by atoms with Gasteiger partial charge in [0.15, 0.2) is 0 Å². The van der Waals surface area contributed by atoms with Crippen molar-refractivity contribution in [2.24, 2.45) is 0 Å². The molecular weight excluding hydrogens is 310 g/mol. The number of hydrogen-bond acceptors (Lipinski definition) is 2. The van der Waals surface area contributed by atoms with Crippen molar-refractivity contribution in [1.29, 1.82) is 0 Å². The average Bonchev–Trinajstić information content (AvgIpc) is 3.07. The lowest BCUT2D eigenvalue weighted by molar-refractivity contribution is 0.211. The third-order valence-electron chi connectivity index (χ3n) is 4.50. The number of fused-ring (bicyclic) bond motifs is 1. The van der Waals surface area contributed by atoms with Crippen LogP contribution in [0, 0.1) is 0 Å². The molecule has 1 unspecified atom stereocenters. The largest absolute Gasteiger partial charge is 0.496 e. The maximum Gasteiger partial charge on any atom is 0.125 e. The monoisotopic (exact) mass is 329 g/mol. The van der Waals surface area contributed by atoms with Gasteiger partial charge in [0.1, 0.15) is 11.9 Å². The number of ether oxygens (including phenoxy) is 1. The van der Waals surface area contributed by atoms with Crippen molar-refractivity contribution in [2.45, 2.75) is 6.10 Å². The van der Waals surface area contributed by atoms with E-state index in [1.807, 2.05) is 60.7 Å². The zero-order valence-electron chi connectivity index (χ0n) is 13.9. The summed E-state index contributed by atoms with van der Waals surface area (Å²) in [7, 11) is 1.62. The van der Waals surface area contributed by atoms with Crippen molar-refractivity contribution in [3.8, 4) is 16.9 Å². The van der Waals surface area contributed by atoms with Gasteiger partial charge in [-0.1, -0.05) is 66.7 Å². The third kappa shape index (κ3) is 2.69. The first-order valence-electron chi connectivity index (χ1n) is 8.26. The summed E-state index contributed by atoms with van der Waals surface area (Å²) in [6, 6.07) is 25.8. The molecule has 2 N–H and O–H groups in total. The minimum Gasteiger partial charge on any atom is -0.496 e. The summed E-state index contributed by atoms with van der Waals surface area (Å²) < 4.78 is 5.43. The fraction of sp³-hybridized carbons (Fsp3) is 0.0909. The summed E-state index contributed by atoms with van der Waals surface area (Å²) in [5.41, 5.74) is 4.62. The number of H-pyrrole nitrogens is 1. The van der Waals surface area contributed by atoms with E-state index in [4.69, 9.17) is 4.74 Å². The van der Waals surface area contributed by atoms with Crippen LogP contribution in [-0.2, 0) is 0 Å². The molecule has 124 valence electrons. The quantitative estimate of drug-likeness (QED) is 0.558. The Morgan fingerprint density at radius 2 is 1.52 bits per heavy atom. The molecule has 0 amide bonds. The molecular formula is C22H19NO2. The summed E-state index contributed by atoms with van der Waals surface area (Å²) in [6.07, 6.45) is -0.807. The van der Waals surface area contributed by atoms with Crippen LogP contribution >= 0.6 is 0 Å². The smallest absolute Gasteiger partial charge is 0.125 e. The van der Waals surface area contributed by atoms with Crippen LogP contribution in [0.3, 0.4) is 0 Å². The summed E-state index contributed by atoms with van der Waals surface area (Å²) >= 11 is 0. The summed E-state index contributed by atoms with van der Waals surface area (Å²) in [6.45, 7) is 0. The minimum absolute atomic E-state index is 0.674. The molecule has 0 aliphatic carbocycles. The second-order valence-corrected chi connectivity index (χ2v) is 5.97. The van der Waals surface area contributed by atoms with E-state index >= 15 is 0 Å². The molecule has 0 bridgehead atoms. The molecule has 3 aromatic carbocycles. The lowest BCUT2D eigenvalue weighted by atomic mass is 9.96. The second-order valence-electron chi connectivity index (χ2n) is 5.97. The lowest BCUT2D eigenvalue weighted by Crippen LogP contribution is -2.04. The lowest BCUT2D eigenvalue weighted by Gasteiger charge is -2.16. The zero-order chi connectivity index (χ0) is 17.2. The van der Waals surface area contributed by atoms with Gasteiger partial charge in [-0.2, -0.15) is 0 Å². The predicted octanol–water partition coefficient (Wildman–Crippen LogP) is 4.93. The van der Waals surface area contributed by atoms with Crippen molar-refractivity contribution in [3.63, 3.8) is 0 Å². The van der Waals surface area contributed by atoms with Crippen LogP contribution in [0.25, 0.3) is 22.0 Å². The molecule has 0 aliphatic rings. The van der Waals surface area contributed by atoms with E-state index in [0.29, 0.717) is 5.75 Å². The Morgan fingerprint density at radius 1 is 0.840 bits per heavy atom. The highest BCUT2D eigenvalue weighted by molar-refractivity contribution is 5.97. The van der Waals surface area contributed by atoms with Crippen LogP contribution in [0.4, 0.5) is 0 Å². The van der Waals surface area contributed by atoms with Crippen LogP contribution in [0.5, 0.6) is 5.75 Å². The van der Waals surface area contributed by atoms with Crippen molar-refractivity contribution in [1.82, 2.24) is 4.98 Å². The number of aromatic amines is 1. The fourth-order valence-electron chi connectivity index (χ4n) is 3.33. The first kappa shape index (κ1) is 15.5. The molecule has 1 aromatic heterocycles. The van der Waals surface area contributed by atoms with Crippen LogP contribution < -0.4 is 4.74 Å². The Hall–Kier alpha value is -3.04. The molecule has 0 saturated heterocycles. The van der Waals surface area contributed by atoms with Crippen LogP contribution in [0.1, 0.15) is 17.4 Å². The van der Waals surface area contributed by atoms with Crippen LogP contribution in [0.2, 0.25) is 0 Å². The number of methoxy groups -OCH3 is 1. The highest BCUT2D eigenvalue weighted by atomic mass is 16.5. The summed E-state index contributed by atoms with van der Waals surface area (Å²) in [5, 5.41) is 12.2. The predicted molar refractivity (Wildman–Crippen MR) is 101 cm³/mol. The van der Waals surface area contributed by atoms with Gasteiger partial charge in [-0.15, -0.1) is 0 Å². The fourth-order valence-corrected chi connectivity index (χ4v) is 3.33. The van der Waals surface area contributed by atoms with Gasteiger partial charge in [0.25, 0.3) is 0 Å². The Morgan fingerprint density at radius 3 is 2.32 bits per heavy atom. The van der Waals surface area contributed by atoms with Gasteiger partial charge in [0.2, 0.25) is 0 Å². The van der Waals surface area contributed by atoms with E-state index in [0.717, 1.165) is 33.3 Å². The van der Waals surface area contributed by atoms with Gasteiger partial charge >= 0.3 is 0 Å². The summed E-state index contributed by atoms with van der Waals surface area (Å²) in [5.74, 6) is 0.674. The molecule has 1 heterocycles. The molecule has 3 heteroatoms. The van der Waals surface area contributed by atoms with Crippen LogP contribution in [0.15, 0.2) is 78.9 Å². The highest BCUT2D eigenvalue weighted by Gasteiger charge is 2.22.